The molecule has 0 saturated heterocycles. The first-order valence-corrected chi connectivity index (χ1v) is 5.56. The van der Waals surface area contributed by atoms with Crippen molar-refractivity contribution < 1.29 is 19.1 Å². The van der Waals surface area contributed by atoms with E-state index in [9.17, 15) is 9.59 Å². The third-order valence-electron chi connectivity index (χ3n) is 2.29. The largest absolute Gasteiger partial charge is 0.495 e. The highest BCUT2D eigenvalue weighted by Crippen LogP contribution is 2.30. The number of nitrogens with one attached hydrogen (secondary N) is 1. The van der Waals surface area contributed by atoms with Gasteiger partial charge >= 0.3 is 5.97 Å². The van der Waals surface area contributed by atoms with Crippen LogP contribution in [0.25, 0.3) is 0 Å². The summed E-state index contributed by atoms with van der Waals surface area (Å²) in [4.78, 5) is 22.5. The lowest BCUT2D eigenvalue weighted by Gasteiger charge is -2.11. The Kier molecular flexibility index (Phi) is 4.97. The topological polar surface area (TPSA) is 64.6 Å². The molecular weight excluding hydrogens is 258 g/mol. The van der Waals surface area contributed by atoms with Crippen LogP contribution in [0, 0.1) is 6.92 Å². The summed E-state index contributed by atoms with van der Waals surface area (Å²) in [5.74, 6) is -0.636. The molecular formula is C12H14ClNO4. The first-order valence-electron chi connectivity index (χ1n) is 5.18. The van der Waals surface area contributed by atoms with E-state index in [2.05, 4.69) is 10.1 Å². The molecule has 0 spiro atoms. The van der Waals surface area contributed by atoms with E-state index >= 15 is 0 Å². The molecule has 0 aliphatic rings. The van der Waals surface area contributed by atoms with Crippen molar-refractivity contribution in [2.24, 2.45) is 0 Å². The quantitative estimate of drug-likeness (QED) is 0.673. The number of anilines is 1. The number of hydrogen-bond acceptors (Lipinski definition) is 4. The Balaban J connectivity index is 2.86. The van der Waals surface area contributed by atoms with Gasteiger partial charge in [-0.3, -0.25) is 9.59 Å². The molecule has 1 aromatic rings. The molecule has 5 nitrogen and oxygen atoms in total. The smallest absolute Gasteiger partial charge is 0.315 e. The number of methoxy groups -OCH3 is 2. The van der Waals surface area contributed by atoms with Gasteiger partial charge < -0.3 is 14.8 Å². The van der Waals surface area contributed by atoms with Crippen molar-refractivity contribution >= 4 is 29.2 Å². The number of amides is 1. The zero-order valence-electron chi connectivity index (χ0n) is 10.4. The Morgan fingerprint density at radius 3 is 2.56 bits per heavy atom. The van der Waals surface area contributed by atoms with Gasteiger partial charge in [-0.15, -0.1) is 0 Å². The number of hydrogen-bond donors (Lipinski definition) is 1. The normalized spacial score (nSPS) is 9.78. The summed E-state index contributed by atoms with van der Waals surface area (Å²) in [6, 6.07) is 3.28. The van der Waals surface area contributed by atoms with Crippen LogP contribution in [-0.2, 0) is 14.3 Å². The molecule has 0 aliphatic carbocycles. The summed E-state index contributed by atoms with van der Waals surface area (Å²) < 4.78 is 9.50. The SMILES string of the molecule is COC(=O)CC(=O)Nc1cc(C)c(Cl)cc1OC. The predicted molar refractivity (Wildman–Crippen MR) is 68.0 cm³/mol. The number of aryl methyl sites for hydroxylation is 1. The van der Waals surface area contributed by atoms with Crippen LogP contribution in [0.5, 0.6) is 5.75 Å². The Hall–Kier alpha value is -1.75. The third kappa shape index (κ3) is 3.63. The molecule has 98 valence electrons. The van der Waals surface area contributed by atoms with Gasteiger partial charge in [0.1, 0.15) is 12.2 Å². The second-order valence-electron chi connectivity index (χ2n) is 3.60. The number of ether oxygens (including phenoxy) is 2. The molecule has 0 saturated carbocycles. The molecule has 6 heteroatoms. The lowest BCUT2D eigenvalue weighted by Crippen LogP contribution is -2.17. The molecule has 0 aromatic heterocycles. The van der Waals surface area contributed by atoms with Crippen LogP contribution in [0.1, 0.15) is 12.0 Å². The molecule has 1 amide bonds. The molecule has 0 unspecified atom stereocenters. The van der Waals surface area contributed by atoms with E-state index in [0.29, 0.717) is 16.5 Å². The van der Waals surface area contributed by atoms with Crippen LogP contribution < -0.4 is 10.1 Å². The second kappa shape index (κ2) is 6.26. The van der Waals surface area contributed by atoms with Gasteiger partial charge in [-0.1, -0.05) is 11.6 Å². The highest BCUT2D eigenvalue weighted by Gasteiger charge is 2.13. The minimum absolute atomic E-state index is 0.346. The standard InChI is InChI=1S/C12H14ClNO4/c1-7-4-9(10(17-2)5-8(7)13)14-11(15)6-12(16)18-3/h4-5H,6H2,1-3H3,(H,14,15). The van der Waals surface area contributed by atoms with Gasteiger partial charge in [0.05, 0.1) is 19.9 Å². The van der Waals surface area contributed by atoms with Crippen molar-refractivity contribution in [3.63, 3.8) is 0 Å². The number of halogens is 1. The highest BCUT2D eigenvalue weighted by molar-refractivity contribution is 6.31. The second-order valence-corrected chi connectivity index (χ2v) is 4.01. The molecule has 18 heavy (non-hydrogen) atoms. The maximum atomic E-state index is 11.5. The van der Waals surface area contributed by atoms with Gasteiger partial charge in [-0.05, 0) is 18.6 Å². The minimum atomic E-state index is -0.600. The van der Waals surface area contributed by atoms with Crippen LogP contribution >= 0.6 is 11.6 Å². The molecule has 0 atom stereocenters. The van der Waals surface area contributed by atoms with E-state index in [-0.39, 0.29) is 6.42 Å². The van der Waals surface area contributed by atoms with E-state index in [1.54, 1.807) is 19.1 Å². The average Bonchev–Trinajstić information content (AvgIpc) is 2.33. The van der Waals surface area contributed by atoms with Gasteiger partial charge in [0, 0.05) is 11.1 Å². The van der Waals surface area contributed by atoms with Gasteiger partial charge in [0.25, 0.3) is 0 Å². The minimum Gasteiger partial charge on any atom is -0.495 e. The van der Waals surface area contributed by atoms with Crippen molar-refractivity contribution in [1.29, 1.82) is 0 Å². The summed E-state index contributed by atoms with van der Waals surface area (Å²) in [5, 5.41) is 3.11. The van der Waals surface area contributed by atoms with Gasteiger partial charge in [0.15, 0.2) is 0 Å². The third-order valence-corrected chi connectivity index (χ3v) is 2.69. The first-order chi connectivity index (χ1) is 8.47. The fourth-order valence-electron chi connectivity index (χ4n) is 1.33. The van der Waals surface area contributed by atoms with Crippen molar-refractivity contribution in [2.45, 2.75) is 13.3 Å². The van der Waals surface area contributed by atoms with Gasteiger partial charge in [0.2, 0.25) is 5.91 Å². The summed E-state index contributed by atoms with van der Waals surface area (Å²) in [5.41, 5.74) is 1.26. The molecule has 0 radical (unpaired) electrons. The van der Waals surface area contributed by atoms with E-state index in [1.807, 2.05) is 0 Å². The van der Waals surface area contributed by atoms with Crippen molar-refractivity contribution in [3.8, 4) is 5.75 Å². The number of rotatable bonds is 4. The van der Waals surface area contributed by atoms with Gasteiger partial charge in [-0.25, -0.2) is 0 Å². The fraction of sp³-hybridized carbons (Fsp3) is 0.333. The molecule has 0 fully saturated rings. The number of benzene rings is 1. The summed E-state index contributed by atoms with van der Waals surface area (Å²) in [7, 11) is 2.69. The summed E-state index contributed by atoms with van der Waals surface area (Å²) >= 11 is 5.94. The first kappa shape index (κ1) is 14.3. The zero-order valence-corrected chi connectivity index (χ0v) is 11.1. The molecule has 0 heterocycles. The van der Waals surface area contributed by atoms with E-state index in [4.69, 9.17) is 16.3 Å². The average molecular weight is 272 g/mol. The van der Waals surface area contributed by atoms with Crippen LogP contribution in [-0.4, -0.2) is 26.1 Å². The monoisotopic (exact) mass is 271 g/mol. The Labute approximate surface area is 110 Å². The predicted octanol–water partition coefficient (Wildman–Crippen LogP) is 2.16. The fourth-order valence-corrected chi connectivity index (χ4v) is 1.48. The number of carbonyl (C=O) groups is 2. The van der Waals surface area contributed by atoms with E-state index in [0.717, 1.165) is 5.56 Å². The summed E-state index contributed by atoms with van der Waals surface area (Å²) in [6.07, 6.45) is -0.346. The molecule has 0 aliphatic heterocycles. The highest BCUT2D eigenvalue weighted by atomic mass is 35.5. The van der Waals surface area contributed by atoms with E-state index in [1.165, 1.54) is 14.2 Å². The van der Waals surface area contributed by atoms with E-state index < -0.39 is 11.9 Å². The lowest BCUT2D eigenvalue weighted by atomic mass is 10.2. The van der Waals surface area contributed by atoms with Crippen LogP contribution in [0.2, 0.25) is 5.02 Å². The van der Waals surface area contributed by atoms with Crippen molar-refractivity contribution in [3.05, 3.63) is 22.7 Å². The van der Waals surface area contributed by atoms with Gasteiger partial charge in [-0.2, -0.15) is 0 Å². The van der Waals surface area contributed by atoms with Crippen LogP contribution in [0.4, 0.5) is 5.69 Å². The molecule has 0 bridgehead atoms. The molecule has 1 aromatic carbocycles. The Morgan fingerprint density at radius 2 is 2.00 bits per heavy atom. The van der Waals surface area contributed by atoms with Crippen molar-refractivity contribution in [2.75, 3.05) is 19.5 Å². The van der Waals surface area contributed by atoms with Crippen LogP contribution in [0.3, 0.4) is 0 Å². The Morgan fingerprint density at radius 1 is 1.33 bits per heavy atom. The Bertz CT molecular complexity index is 473. The maximum absolute atomic E-state index is 11.5. The maximum Gasteiger partial charge on any atom is 0.315 e. The lowest BCUT2D eigenvalue weighted by molar-refractivity contribution is -0.142. The van der Waals surface area contributed by atoms with Crippen LogP contribution in [0.15, 0.2) is 12.1 Å². The number of carbonyl (C=O) groups excluding carboxylic acids is 2. The zero-order chi connectivity index (χ0) is 13.7. The summed E-state index contributed by atoms with van der Waals surface area (Å²) in [6.45, 7) is 1.80. The molecule has 1 rings (SSSR count). The van der Waals surface area contributed by atoms with Crippen molar-refractivity contribution in [1.82, 2.24) is 0 Å². The number of esters is 1. The molecule has 1 N–H and O–H groups in total.